The van der Waals surface area contributed by atoms with Crippen LogP contribution in [-0.2, 0) is 4.79 Å². The molecule has 0 spiro atoms. The maximum absolute atomic E-state index is 10.9. The molecule has 1 aliphatic carbocycles. The van der Waals surface area contributed by atoms with Gasteiger partial charge in [-0.05, 0) is 24.3 Å². The van der Waals surface area contributed by atoms with Crippen LogP contribution >= 0.6 is 0 Å². The summed E-state index contributed by atoms with van der Waals surface area (Å²) >= 11 is 0. The number of amides is 1. The van der Waals surface area contributed by atoms with Gasteiger partial charge in [0.2, 0.25) is 0 Å². The monoisotopic (exact) mass is 164 g/mol. The second kappa shape index (κ2) is 2.81. The van der Waals surface area contributed by atoms with Gasteiger partial charge < -0.3 is 0 Å². The first kappa shape index (κ1) is 7.65. The zero-order valence-corrected chi connectivity index (χ0v) is 7.16. The molecule has 1 heterocycles. The fraction of sp³-hybridized carbons (Fsp3) is 0.667. The summed E-state index contributed by atoms with van der Waals surface area (Å²) in [5.74, 6) is 0.335. The third-order valence-corrected chi connectivity index (χ3v) is 2.65. The Kier molecular flexibility index (Phi) is 1.79. The molecule has 2 atom stereocenters. The van der Waals surface area contributed by atoms with Gasteiger partial charge in [-0.15, -0.1) is 5.11 Å². The second-order valence-electron chi connectivity index (χ2n) is 3.55. The van der Waals surface area contributed by atoms with E-state index in [4.69, 9.17) is 0 Å². The molecule has 12 heavy (non-hydrogen) atoms. The highest BCUT2D eigenvalue weighted by atomic mass is 16.1. The maximum Gasteiger partial charge on any atom is 0.287 e. The minimum absolute atomic E-state index is 0.185. The van der Waals surface area contributed by atoms with Crippen LogP contribution in [0, 0.1) is 5.92 Å². The van der Waals surface area contributed by atoms with E-state index in [1.165, 1.54) is 18.4 Å². The van der Waals surface area contributed by atoms with E-state index in [2.05, 4.69) is 17.2 Å². The molecule has 0 N–H and O–H groups in total. The lowest BCUT2D eigenvalue weighted by atomic mass is 9.81. The van der Waals surface area contributed by atoms with Crippen LogP contribution < -0.4 is 0 Å². The smallest absolute Gasteiger partial charge is 0.266 e. The van der Waals surface area contributed by atoms with Crippen molar-refractivity contribution < 1.29 is 4.79 Å². The first-order valence-electron chi connectivity index (χ1n) is 4.43. The van der Waals surface area contributed by atoms with E-state index in [1.807, 2.05) is 0 Å². The van der Waals surface area contributed by atoms with Crippen molar-refractivity contribution in [3.8, 4) is 0 Å². The third-order valence-electron chi connectivity index (χ3n) is 2.65. The largest absolute Gasteiger partial charge is 0.287 e. The summed E-state index contributed by atoms with van der Waals surface area (Å²) in [6.45, 7) is 2.16. The normalized spacial score (nSPS) is 34.4. The summed E-state index contributed by atoms with van der Waals surface area (Å²) in [5.41, 5.74) is 1.20. The molecular weight excluding hydrogens is 152 g/mol. The van der Waals surface area contributed by atoms with Crippen LogP contribution in [0.1, 0.15) is 26.2 Å². The number of nitrogens with zero attached hydrogens (tertiary/aromatic N) is 2. The Morgan fingerprint density at radius 3 is 3.17 bits per heavy atom. The molecule has 0 radical (unpaired) electrons. The van der Waals surface area contributed by atoms with Crippen LogP contribution in [0.3, 0.4) is 0 Å². The van der Waals surface area contributed by atoms with Crippen LogP contribution in [0.2, 0.25) is 0 Å². The van der Waals surface area contributed by atoms with Gasteiger partial charge in [-0.3, -0.25) is 4.79 Å². The molecule has 64 valence electrons. The van der Waals surface area contributed by atoms with Gasteiger partial charge in [-0.25, -0.2) is 0 Å². The van der Waals surface area contributed by atoms with Gasteiger partial charge in [0.1, 0.15) is 0 Å². The van der Waals surface area contributed by atoms with Crippen molar-refractivity contribution >= 4 is 5.91 Å². The minimum atomic E-state index is -0.185. The molecule has 2 unspecified atom stereocenters. The number of azo groups is 1. The molecule has 1 aliphatic heterocycles. The van der Waals surface area contributed by atoms with Gasteiger partial charge in [0, 0.05) is 6.08 Å². The van der Waals surface area contributed by atoms with E-state index in [1.54, 1.807) is 6.08 Å². The SMILES string of the molecule is CC1CCCC2N=NC(=O)C=C12. The number of fused-ring (bicyclic) bond motifs is 1. The van der Waals surface area contributed by atoms with Crippen molar-refractivity contribution in [2.24, 2.45) is 16.1 Å². The maximum atomic E-state index is 10.9. The Hall–Kier alpha value is -0.990. The fourth-order valence-corrected chi connectivity index (χ4v) is 1.94. The van der Waals surface area contributed by atoms with Crippen molar-refractivity contribution in [2.45, 2.75) is 32.2 Å². The van der Waals surface area contributed by atoms with Crippen LogP contribution in [-0.4, -0.2) is 11.9 Å². The highest BCUT2D eigenvalue weighted by Gasteiger charge is 2.27. The molecule has 0 aromatic rings. The summed E-state index contributed by atoms with van der Waals surface area (Å²) in [5, 5.41) is 7.55. The van der Waals surface area contributed by atoms with Crippen LogP contribution in [0.25, 0.3) is 0 Å². The van der Waals surface area contributed by atoms with Crippen molar-refractivity contribution in [1.82, 2.24) is 0 Å². The van der Waals surface area contributed by atoms with Crippen LogP contribution in [0.15, 0.2) is 21.9 Å². The van der Waals surface area contributed by atoms with Crippen molar-refractivity contribution in [3.63, 3.8) is 0 Å². The first-order valence-corrected chi connectivity index (χ1v) is 4.43. The highest BCUT2D eigenvalue weighted by Crippen LogP contribution is 2.33. The summed E-state index contributed by atoms with van der Waals surface area (Å²) in [6, 6.07) is 0.214. The van der Waals surface area contributed by atoms with Gasteiger partial charge in [-0.2, -0.15) is 5.11 Å². The number of carbonyl (C=O) groups excluding carboxylic acids is 1. The van der Waals surface area contributed by atoms with E-state index in [9.17, 15) is 4.79 Å². The first-order chi connectivity index (χ1) is 5.77. The van der Waals surface area contributed by atoms with E-state index in [-0.39, 0.29) is 11.9 Å². The summed E-state index contributed by atoms with van der Waals surface area (Å²) in [4.78, 5) is 10.9. The quantitative estimate of drug-likeness (QED) is 0.540. The molecule has 0 saturated heterocycles. The molecule has 1 fully saturated rings. The minimum Gasteiger partial charge on any atom is -0.266 e. The fourth-order valence-electron chi connectivity index (χ4n) is 1.94. The van der Waals surface area contributed by atoms with Gasteiger partial charge in [0.15, 0.2) is 0 Å². The molecule has 2 aliphatic rings. The molecule has 1 saturated carbocycles. The van der Waals surface area contributed by atoms with Crippen molar-refractivity contribution in [1.29, 1.82) is 0 Å². The molecule has 3 heteroatoms. The molecule has 0 aromatic heterocycles. The van der Waals surface area contributed by atoms with Crippen molar-refractivity contribution in [3.05, 3.63) is 11.6 Å². The number of hydrogen-bond donors (Lipinski definition) is 0. The molecule has 3 nitrogen and oxygen atoms in total. The molecule has 2 rings (SSSR count). The summed E-state index contributed by atoms with van der Waals surface area (Å²) in [7, 11) is 0. The van der Waals surface area contributed by atoms with Crippen LogP contribution in [0.4, 0.5) is 0 Å². The Labute approximate surface area is 71.6 Å². The van der Waals surface area contributed by atoms with E-state index >= 15 is 0 Å². The summed E-state index contributed by atoms with van der Waals surface area (Å²) in [6.07, 6.45) is 5.12. The molecule has 0 aromatic carbocycles. The third kappa shape index (κ3) is 1.19. The lowest BCUT2D eigenvalue weighted by molar-refractivity contribution is -0.114. The van der Waals surface area contributed by atoms with Gasteiger partial charge in [0.05, 0.1) is 6.04 Å². The lowest BCUT2D eigenvalue weighted by Crippen LogP contribution is -2.23. The molecule has 1 amide bonds. The van der Waals surface area contributed by atoms with E-state index < -0.39 is 0 Å². The zero-order chi connectivity index (χ0) is 8.55. The molecule has 0 bridgehead atoms. The number of rotatable bonds is 0. The van der Waals surface area contributed by atoms with E-state index in [0.717, 1.165) is 6.42 Å². The van der Waals surface area contributed by atoms with Gasteiger partial charge >= 0.3 is 0 Å². The topological polar surface area (TPSA) is 41.8 Å². The standard InChI is InChI=1S/C9H12N2O/c1-6-3-2-4-8-7(6)5-9(12)11-10-8/h5-6,8H,2-4H2,1H3. The van der Waals surface area contributed by atoms with Crippen molar-refractivity contribution in [2.75, 3.05) is 0 Å². The van der Waals surface area contributed by atoms with Gasteiger partial charge in [-0.1, -0.05) is 13.3 Å². The van der Waals surface area contributed by atoms with E-state index in [0.29, 0.717) is 5.92 Å². The Morgan fingerprint density at radius 1 is 1.50 bits per heavy atom. The summed E-state index contributed by atoms with van der Waals surface area (Å²) < 4.78 is 0. The lowest BCUT2D eigenvalue weighted by Gasteiger charge is -2.28. The molecular formula is C9H12N2O. The van der Waals surface area contributed by atoms with Gasteiger partial charge in [0.25, 0.3) is 5.91 Å². The predicted molar refractivity (Wildman–Crippen MR) is 44.7 cm³/mol. The Bertz CT molecular complexity index is 268. The highest BCUT2D eigenvalue weighted by molar-refractivity contribution is 5.89. The number of hydrogen-bond acceptors (Lipinski definition) is 2. The Balaban J connectivity index is 2.27. The average molecular weight is 164 g/mol. The zero-order valence-electron chi connectivity index (χ0n) is 7.16. The Morgan fingerprint density at radius 2 is 2.33 bits per heavy atom. The van der Waals surface area contributed by atoms with Crippen LogP contribution in [0.5, 0.6) is 0 Å². The number of carbonyl (C=O) groups is 1. The second-order valence-corrected chi connectivity index (χ2v) is 3.55. The predicted octanol–water partition coefficient (Wildman–Crippen LogP) is 2.09. The average Bonchev–Trinajstić information content (AvgIpc) is 2.07.